The molecule has 0 aliphatic carbocycles. The van der Waals surface area contributed by atoms with E-state index in [1.54, 1.807) is 4.90 Å². The zero-order chi connectivity index (χ0) is 21.2. The highest BCUT2D eigenvalue weighted by atomic mass is 79.9. The van der Waals surface area contributed by atoms with Crippen LogP contribution in [0.25, 0.3) is 22.0 Å². The molecular formula is C25H22BrN3O2. The Hall–Kier alpha value is -3.12. The molecule has 4 aromatic rings. The van der Waals surface area contributed by atoms with E-state index in [-0.39, 0.29) is 12.0 Å². The van der Waals surface area contributed by atoms with Crippen molar-refractivity contribution in [2.75, 3.05) is 13.1 Å². The van der Waals surface area contributed by atoms with Crippen LogP contribution in [0.4, 0.5) is 4.79 Å². The van der Waals surface area contributed by atoms with Gasteiger partial charge in [0.15, 0.2) is 0 Å². The molecule has 6 heteroatoms. The van der Waals surface area contributed by atoms with E-state index >= 15 is 0 Å². The number of likely N-dealkylation sites (tertiary alicyclic amines) is 1. The van der Waals surface area contributed by atoms with Crippen molar-refractivity contribution in [3.8, 4) is 11.3 Å². The normalized spacial score (nSPS) is 16.0. The maximum absolute atomic E-state index is 12.4. The Labute approximate surface area is 189 Å². The number of hydrogen-bond acceptors (Lipinski definition) is 3. The van der Waals surface area contributed by atoms with Crippen molar-refractivity contribution < 1.29 is 9.53 Å². The van der Waals surface area contributed by atoms with E-state index in [1.807, 2.05) is 36.5 Å². The Morgan fingerprint density at radius 1 is 1.10 bits per heavy atom. The van der Waals surface area contributed by atoms with Gasteiger partial charge in [0.1, 0.15) is 12.4 Å². The van der Waals surface area contributed by atoms with Crippen LogP contribution in [0, 0.1) is 0 Å². The fourth-order valence-corrected chi connectivity index (χ4v) is 4.41. The molecule has 5 rings (SSSR count). The van der Waals surface area contributed by atoms with E-state index in [2.05, 4.69) is 62.3 Å². The number of amides is 1. The molecule has 5 nitrogen and oxygen atoms in total. The number of hydrogen-bond donors (Lipinski definition) is 1. The van der Waals surface area contributed by atoms with Crippen molar-refractivity contribution in [2.45, 2.75) is 18.9 Å². The number of nitrogens with one attached hydrogen (secondary N) is 1. The monoisotopic (exact) mass is 475 g/mol. The first-order valence-electron chi connectivity index (χ1n) is 10.4. The quantitative estimate of drug-likeness (QED) is 0.386. The molecule has 1 aliphatic rings. The van der Waals surface area contributed by atoms with Gasteiger partial charge in [0.25, 0.3) is 0 Å². The summed E-state index contributed by atoms with van der Waals surface area (Å²) < 4.78 is 6.55. The number of ether oxygens (including phenoxy) is 1. The molecule has 1 saturated heterocycles. The zero-order valence-electron chi connectivity index (χ0n) is 16.9. The highest BCUT2D eigenvalue weighted by molar-refractivity contribution is 9.10. The van der Waals surface area contributed by atoms with Gasteiger partial charge in [-0.3, -0.25) is 0 Å². The maximum atomic E-state index is 12.4. The van der Waals surface area contributed by atoms with Crippen LogP contribution < -0.4 is 0 Å². The van der Waals surface area contributed by atoms with Crippen LogP contribution in [0.5, 0.6) is 0 Å². The Kier molecular flexibility index (Phi) is 5.47. The van der Waals surface area contributed by atoms with Gasteiger partial charge in [0, 0.05) is 29.0 Å². The van der Waals surface area contributed by atoms with Gasteiger partial charge < -0.3 is 14.6 Å². The third-order valence-electron chi connectivity index (χ3n) is 5.75. The summed E-state index contributed by atoms with van der Waals surface area (Å²) in [7, 11) is 0. The molecule has 1 aromatic heterocycles. The first kappa shape index (κ1) is 19.8. The fourth-order valence-electron chi connectivity index (χ4n) is 4.03. The summed E-state index contributed by atoms with van der Waals surface area (Å²) >= 11 is 3.52. The van der Waals surface area contributed by atoms with Gasteiger partial charge in [-0.05, 0) is 41.0 Å². The van der Waals surface area contributed by atoms with E-state index in [0.29, 0.717) is 19.7 Å². The average molecular weight is 476 g/mol. The molecule has 156 valence electrons. The number of carbonyl (C=O) groups excluding carboxylic acids is 1. The number of fused-ring (bicyclic) bond motifs is 1. The molecule has 1 amide bonds. The van der Waals surface area contributed by atoms with E-state index < -0.39 is 0 Å². The van der Waals surface area contributed by atoms with Crippen LogP contribution in [-0.2, 0) is 11.3 Å². The lowest BCUT2D eigenvalue weighted by Gasteiger charge is -2.16. The second-order valence-corrected chi connectivity index (χ2v) is 8.78. The van der Waals surface area contributed by atoms with Crippen LogP contribution in [0.3, 0.4) is 0 Å². The van der Waals surface area contributed by atoms with Crippen LogP contribution in [0.15, 0.2) is 77.4 Å². The molecule has 2 heterocycles. The minimum absolute atomic E-state index is 0.189. The Morgan fingerprint density at radius 2 is 1.90 bits per heavy atom. The number of aromatic nitrogens is 2. The van der Waals surface area contributed by atoms with Crippen LogP contribution in [-0.4, -0.2) is 34.1 Å². The second kappa shape index (κ2) is 8.55. The summed E-state index contributed by atoms with van der Waals surface area (Å²) in [5, 5.41) is 2.38. The lowest BCUT2D eigenvalue weighted by Crippen LogP contribution is -2.29. The van der Waals surface area contributed by atoms with Gasteiger partial charge in [-0.15, -0.1) is 0 Å². The molecule has 1 fully saturated rings. The van der Waals surface area contributed by atoms with E-state index in [0.717, 1.165) is 33.5 Å². The summed E-state index contributed by atoms with van der Waals surface area (Å²) in [6.45, 7) is 1.59. The second-order valence-electron chi connectivity index (χ2n) is 7.86. The van der Waals surface area contributed by atoms with Crippen molar-refractivity contribution in [3.63, 3.8) is 0 Å². The molecule has 1 N–H and O–H groups in total. The van der Waals surface area contributed by atoms with E-state index in [4.69, 9.17) is 4.74 Å². The Morgan fingerprint density at radius 3 is 2.77 bits per heavy atom. The highest BCUT2D eigenvalue weighted by Gasteiger charge is 2.30. The maximum Gasteiger partial charge on any atom is 0.410 e. The molecule has 0 bridgehead atoms. The number of imidazole rings is 1. The fraction of sp³-hybridized carbons (Fsp3) is 0.200. The van der Waals surface area contributed by atoms with Crippen molar-refractivity contribution in [2.24, 2.45) is 0 Å². The largest absolute Gasteiger partial charge is 0.445 e. The average Bonchev–Trinajstić information content (AvgIpc) is 3.48. The number of aromatic amines is 1. The van der Waals surface area contributed by atoms with Gasteiger partial charge in [0.05, 0.1) is 11.9 Å². The summed E-state index contributed by atoms with van der Waals surface area (Å²) in [4.78, 5) is 22.3. The third kappa shape index (κ3) is 4.35. The number of benzene rings is 3. The standard InChI is InChI=1S/C25H22BrN3O2/c26-22-9-8-18-12-20(7-6-19(18)13-22)23-14-27-24(28-23)21-10-11-29(15-21)25(30)31-16-17-4-2-1-3-5-17/h1-9,12-14,21H,10-11,15-16H2,(H,27,28). The minimum atomic E-state index is -0.265. The molecule has 3 aromatic carbocycles. The first-order valence-corrected chi connectivity index (χ1v) is 11.2. The summed E-state index contributed by atoms with van der Waals surface area (Å²) in [5.74, 6) is 1.11. The first-order chi connectivity index (χ1) is 15.2. The number of H-pyrrole nitrogens is 1. The molecule has 1 aliphatic heterocycles. The predicted molar refractivity (Wildman–Crippen MR) is 125 cm³/mol. The van der Waals surface area contributed by atoms with E-state index in [1.165, 1.54) is 10.8 Å². The number of rotatable bonds is 4. The zero-order valence-corrected chi connectivity index (χ0v) is 18.5. The number of halogens is 1. The van der Waals surface area contributed by atoms with Crippen molar-refractivity contribution in [3.05, 3.63) is 88.8 Å². The van der Waals surface area contributed by atoms with Gasteiger partial charge in [-0.1, -0.05) is 64.5 Å². The smallest absolute Gasteiger partial charge is 0.410 e. The summed E-state index contributed by atoms with van der Waals surface area (Å²) in [6, 6.07) is 22.4. The third-order valence-corrected chi connectivity index (χ3v) is 6.24. The number of nitrogens with zero attached hydrogens (tertiary/aromatic N) is 2. The van der Waals surface area contributed by atoms with Crippen LogP contribution >= 0.6 is 15.9 Å². The van der Waals surface area contributed by atoms with Gasteiger partial charge in [-0.25, -0.2) is 9.78 Å². The highest BCUT2D eigenvalue weighted by Crippen LogP contribution is 2.29. The Balaban J connectivity index is 1.24. The topological polar surface area (TPSA) is 58.2 Å². The van der Waals surface area contributed by atoms with Crippen molar-refractivity contribution >= 4 is 32.8 Å². The predicted octanol–water partition coefficient (Wildman–Crippen LogP) is 6.12. The Bertz CT molecular complexity index is 1220. The molecule has 0 spiro atoms. The van der Waals surface area contributed by atoms with Crippen LogP contribution in [0.2, 0.25) is 0 Å². The van der Waals surface area contributed by atoms with Crippen LogP contribution in [0.1, 0.15) is 23.7 Å². The van der Waals surface area contributed by atoms with Crippen molar-refractivity contribution in [1.82, 2.24) is 14.9 Å². The number of carbonyl (C=O) groups is 1. The van der Waals surface area contributed by atoms with Gasteiger partial charge in [0.2, 0.25) is 0 Å². The lowest BCUT2D eigenvalue weighted by molar-refractivity contribution is 0.104. The summed E-state index contributed by atoms with van der Waals surface area (Å²) in [5.41, 5.74) is 3.08. The van der Waals surface area contributed by atoms with Gasteiger partial charge >= 0.3 is 6.09 Å². The molecule has 1 unspecified atom stereocenters. The minimum Gasteiger partial charge on any atom is -0.445 e. The summed E-state index contributed by atoms with van der Waals surface area (Å²) in [6.07, 6.45) is 2.49. The molecular weight excluding hydrogens is 454 g/mol. The van der Waals surface area contributed by atoms with E-state index in [9.17, 15) is 4.79 Å². The molecule has 1 atom stereocenters. The molecule has 0 radical (unpaired) electrons. The van der Waals surface area contributed by atoms with Gasteiger partial charge in [-0.2, -0.15) is 0 Å². The molecule has 0 saturated carbocycles. The SMILES string of the molecule is O=C(OCc1ccccc1)N1CCC(c2ncc(-c3ccc4cc(Br)ccc4c3)[nH]2)C1. The molecule has 31 heavy (non-hydrogen) atoms. The van der Waals surface area contributed by atoms with Crippen molar-refractivity contribution in [1.29, 1.82) is 0 Å². The lowest BCUT2D eigenvalue weighted by atomic mass is 10.1.